The van der Waals surface area contributed by atoms with Gasteiger partial charge in [-0.25, -0.2) is 0 Å². The van der Waals surface area contributed by atoms with Crippen LogP contribution in [-0.2, 0) is 5.41 Å². The summed E-state index contributed by atoms with van der Waals surface area (Å²) in [4.78, 5) is 0. The molecule has 0 unspecified atom stereocenters. The Labute approximate surface area is 333 Å². The summed E-state index contributed by atoms with van der Waals surface area (Å²) in [5.41, 5.74) is 10.5. The first-order chi connectivity index (χ1) is 26.7. The molecule has 0 saturated heterocycles. The second-order valence-corrected chi connectivity index (χ2v) is 14.2. The topological polar surface area (TPSA) is 114 Å². The maximum Gasteiger partial charge on any atom is 0.134 e. The van der Waals surface area contributed by atoms with E-state index < -0.39 is 5.41 Å². The molecule has 268 valence electrons. The second kappa shape index (κ2) is 17.2. The van der Waals surface area contributed by atoms with E-state index in [0.29, 0.717) is 58.5 Å². The highest BCUT2D eigenvalue weighted by Gasteiger charge is 2.30. The molecule has 0 N–H and O–H groups in total. The molecule has 0 fully saturated rings. The van der Waals surface area contributed by atoms with E-state index in [9.17, 15) is 21.0 Å². The molecule has 0 atom stereocenters. The zero-order valence-corrected chi connectivity index (χ0v) is 32.2. The van der Waals surface area contributed by atoms with Gasteiger partial charge in [0.25, 0.3) is 0 Å². The number of benzene rings is 6. The van der Waals surface area contributed by atoms with Gasteiger partial charge in [-0.15, -0.1) is 0 Å². The average molecular weight is 753 g/mol. The second-order valence-electron chi connectivity index (χ2n) is 13.3. The van der Waals surface area contributed by atoms with E-state index in [1.165, 1.54) is 0 Å². The van der Waals surface area contributed by atoms with Crippen molar-refractivity contribution in [1.29, 1.82) is 21.0 Å². The van der Waals surface area contributed by atoms with E-state index in [1.54, 1.807) is 48.5 Å². The molecule has 6 aromatic rings. The van der Waals surface area contributed by atoms with Crippen LogP contribution in [0.3, 0.4) is 0 Å². The van der Waals surface area contributed by atoms with E-state index in [2.05, 4.69) is 87.6 Å². The third kappa shape index (κ3) is 8.23. The first-order valence-electron chi connectivity index (χ1n) is 17.6. The van der Waals surface area contributed by atoms with Gasteiger partial charge in [0.15, 0.2) is 0 Å². The van der Waals surface area contributed by atoms with Gasteiger partial charge < -0.3 is 9.47 Å². The van der Waals surface area contributed by atoms with Crippen molar-refractivity contribution in [2.24, 2.45) is 0 Å². The Bertz CT molecular complexity index is 2170. The number of hydrogen-bond donors (Lipinski definition) is 2. The highest BCUT2D eigenvalue weighted by Crippen LogP contribution is 2.48. The third-order valence-corrected chi connectivity index (χ3v) is 9.96. The molecule has 0 heterocycles. The van der Waals surface area contributed by atoms with Crippen molar-refractivity contribution in [3.63, 3.8) is 0 Å². The van der Waals surface area contributed by atoms with Crippen LogP contribution in [-0.4, -0.2) is 24.7 Å². The Morgan fingerprint density at radius 2 is 0.673 bits per heavy atom. The monoisotopic (exact) mass is 752 g/mol. The Hall–Kier alpha value is -6.42. The standard InChI is InChI=1S/C47H36N4O2S2/c1-47(2,39-23-41(35-11-3-31(27-48)4-12-35)45(52-19-21-54)42(24-39)36-13-5-32(28-49)6-14-36)40-25-43(37-15-7-33(29-50)8-16-37)46(53-20-22-55)44(26-40)38-17-9-34(30-51)10-18-38/h3-18,23-26,54-55H,19-22H2,1-2H3. The number of rotatable bonds is 12. The van der Waals surface area contributed by atoms with Crippen molar-refractivity contribution in [3.05, 3.63) is 155 Å². The third-order valence-electron chi connectivity index (χ3n) is 9.60. The van der Waals surface area contributed by atoms with E-state index in [0.717, 1.165) is 55.6 Å². The van der Waals surface area contributed by atoms with Crippen LogP contribution in [0.1, 0.15) is 47.2 Å². The van der Waals surface area contributed by atoms with Gasteiger partial charge in [-0.2, -0.15) is 46.3 Å². The summed E-state index contributed by atoms with van der Waals surface area (Å²) in [5, 5.41) is 38.3. The summed E-state index contributed by atoms with van der Waals surface area (Å²) in [6.07, 6.45) is 0. The van der Waals surface area contributed by atoms with Gasteiger partial charge in [-0.1, -0.05) is 62.4 Å². The summed E-state index contributed by atoms with van der Waals surface area (Å²) >= 11 is 8.90. The lowest BCUT2D eigenvalue weighted by molar-refractivity contribution is 0.347. The molecule has 6 rings (SSSR count). The molecule has 0 saturated carbocycles. The van der Waals surface area contributed by atoms with Crippen molar-refractivity contribution in [2.75, 3.05) is 24.7 Å². The van der Waals surface area contributed by atoms with Crippen LogP contribution in [0.2, 0.25) is 0 Å². The maximum atomic E-state index is 9.56. The van der Waals surface area contributed by atoms with E-state index >= 15 is 0 Å². The van der Waals surface area contributed by atoms with E-state index in [4.69, 9.17) is 9.47 Å². The normalized spacial score (nSPS) is 10.8. The quantitative estimate of drug-likeness (QED) is 0.120. The van der Waals surface area contributed by atoms with Crippen LogP contribution in [0.15, 0.2) is 121 Å². The molecule has 0 bridgehead atoms. The first kappa shape index (κ1) is 38.3. The number of ether oxygens (including phenoxy) is 2. The molecule has 8 heteroatoms. The van der Waals surface area contributed by atoms with Gasteiger partial charge in [-0.05, 0) is 106 Å². The van der Waals surface area contributed by atoms with Gasteiger partial charge in [0.05, 0.1) is 59.7 Å². The molecule has 0 aliphatic carbocycles. The van der Waals surface area contributed by atoms with Crippen LogP contribution in [0.5, 0.6) is 11.5 Å². The Kier molecular flexibility index (Phi) is 11.9. The Balaban J connectivity index is 1.66. The van der Waals surface area contributed by atoms with Gasteiger partial charge in [0.2, 0.25) is 0 Å². The van der Waals surface area contributed by atoms with Crippen LogP contribution in [0, 0.1) is 45.3 Å². The molecule has 6 aromatic carbocycles. The maximum absolute atomic E-state index is 9.56. The first-order valence-corrected chi connectivity index (χ1v) is 18.9. The zero-order chi connectivity index (χ0) is 39.0. The molecule has 0 aliphatic rings. The minimum Gasteiger partial charge on any atom is -0.491 e. The predicted octanol–water partition coefficient (Wildman–Crippen LogP) is 10.8. The van der Waals surface area contributed by atoms with Gasteiger partial charge in [0, 0.05) is 39.2 Å². The summed E-state index contributed by atoms with van der Waals surface area (Å²) in [5.74, 6) is 2.36. The van der Waals surface area contributed by atoms with Crippen LogP contribution < -0.4 is 9.47 Å². The summed E-state index contributed by atoms with van der Waals surface area (Å²) in [7, 11) is 0. The van der Waals surface area contributed by atoms with Crippen LogP contribution >= 0.6 is 25.3 Å². The fourth-order valence-corrected chi connectivity index (χ4v) is 6.69. The SMILES string of the molecule is CC(C)(c1cc(-c2ccc(C#N)cc2)c(OCCS)c(-c2ccc(C#N)cc2)c1)c1cc(-c2ccc(C#N)cc2)c(OCCS)c(-c2ccc(C#N)cc2)c1. The minimum atomic E-state index is -0.629. The molecular weight excluding hydrogens is 717 g/mol. The fourth-order valence-electron chi connectivity index (χ4n) is 6.51. The van der Waals surface area contributed by atoms with Gasteiger partial charge in [0.1, 0.15) is 11.5 Å². The van der Waals surface area contributed by atoms with Gasteiger partial charge >= 0.3 is 0 Å². The Morgan fingerprint density at radius 3 is 0.873 bits per heavy atom. The lowest BCUT2D eigenvalue weighted by Gasteiger charge is -2.31. The average Bonchev–Trinajstić information content (AvgIpc) is 3.24. The molecule has 0 amide bonds. The summed E-state index contributed by atoms with van der Waals surface area (Å²) in [6, 6.07) is 47.3. The lowest BCUT2D eigenvalue weighted by atomic mass is 9.74. The smallest absolute Gasteiger partial charge is 0.134 e. The number of hydrogen-bond acceptors (Lipinski definition) is 8. The highest BCUT2D eigenvalue weighted by atomic mass is 32.1. The van der Waals surface area contributed by atoms with Gasteiger partial charge in [-0.3, -0.25) is 0 Å². The zero-order valence-electron chi connectivity index (χ0n) is 30.4. The Morgan fingerprint density at radius 1 is 0.436 bits per heavy atom. The van der Waals surface area contributed by atoms with E-state index in [1.807, 2.05) is 48.5 Å². The lowest BCUT2D eigenvalue weighted by Crippen LogP contribution is -2.20. The van der Waals surface area contributed by atoms with Crippen LogP contribution in [0.4, 0.5) is 0 Å². The van der Waals surface area contributed by atoms with Crippen molar-refractivity contribution < 1.29 is 9.47 Å². The molecule has 6 nitrogen and oxygen atoms in total. The minimum absolute atomic E-state index is 0.369. The molecule has 55 heavy (non-hydrogen) atoms. The fraction of sp³-hybridized carbons (Fsp3) is 0.149. The van der Waals surface area contributed by atoms with Crippen molar-refractivity contribution in [3.8, 4) is 80.3 Å². The summed E-state index contributed by atoms with van der Waals surface area (Å²) < 4.78 is 13.0. The van der Waals surface area contributed by atoms with Crippen LogP contribution in [0.25, 0.3) is 44.5 Å². The van der Waals surface area contributed by atoms with Crippen molar-refractivity contribution >= 4 is 25.3 Å². The number of nitriles is 4. The highest BCUT2D eigenvalue weighted by molar-refractivity contribution is 7.80. The van der Waals surface area contributed by atoms with Crippen molar-refractivity contribution in [1.82, 2.24) is 0 Å². The molecule has 0 aromatic heterocycles. The number of nitrogens with zero attached hydrogens (tertiary/aromatic N) is 4. The summed E-state index contributed by atoms with van der Waals surface area (Å²) in [6.45, 7) is 5.09. The largest absolute Gasteiger partial charge is 0.491 e. The molecular formula is C47H36N4O2S2. The molecule has 0 radical (unpaired) electrons. The van der Waals surface area contributed by atoms with E-state index in [-0.39, 0.29) is 0 Å². The predicted molar refractivity (Wildman–Crippen MR) is 224 cm³/mol. The molecule has 0 spiro atoms. The van der Waals surface area contributed by atoms with Crippen molar-refractivity contribution in [2.45, 2.75) is 19.3 Å². The number of thiol groups is 2. The molecule has 0 aliphatic heterocycles.